The number of benzene rings is 1. The van der Waals surface area contributed by atoms with Crippen molar-refractivity contribution in [2.75, 3.05) is 5.32 Å². The van der Waals surface area contributed by atoms with Crippen molar-refractivity contribution in [3.8, 4) is 11.5 Å². The van der Waals surface area contributed by atoms with Gasteiger partial charge in [-0.1, -0.05) is 5.16 Å². The topological polar surface area (TPSA) is 129 Å². The van der Waals surface area contributed by atoms with Crippen LogP contribution in [-0.2, 0) is 20.9 Å². The SMILES string of the molecule is Cc1cc(NC(=O)C(C)OC(=O)Cn2nc(-c3ccc(F)cc3)oc2=O)on1. The molecule has 0 spiro atoms. The Bertz CT molecular complexity index is 1050. The molecule has 1 amide bonds. The maximum atomic E-state index is 13.0. The van der Waals surface area contributed by atoms with E-state index in [0.29, 0.717) is 11.3 Å². The number of nitrogens with one attached hydrogen (secondary N) is 1. The van der Waals surface area contributed by atoms with Crippen molar-refractivity contribution in [1.29, 1.82) is 0 Å². The number of ether oxygens (including phenoxy) is 1. The van der Waals surface area contributed by atoms with Gasteiger partial charge in [0.25, 0.3) is 5.91 Å². The van der Waals surface area contributed by atoms with Gasteiger partial charge in [0, 0.05) is 11.6 Å². The molecule has 2 aromatic heterocycles. The van der Waals surface area contributed by atoms with Crippen molar-refractivity contribution in [3.63, 3.8) is 0 Å². The summed E-state index contributed by atoms with van der Waals surface area (Å²) in [5.41, 5.74) is 0.933. The summed E-state index contributed by atoms with van der Waals surface area (Å²) >= 11 is 0. The molecule has 0 radical (unpaired) electrons. The summed E-state index contributed by atoms with van der Waals surface area (Å²) in [5.74, 6) is -2.83. The summed E-state index contributed by atoms with van der Waals surface area (Å²) in [6.07, 6.45) is -1.16. The third kappa shape index (κ3) is 4.50. The summed E-state index contributed by atoms with van der Waals surface area (Å²) in [5, 5.41) is 9.87. The number of hydrogen-bond donors (Lipinski definition) is 1. The van der Waals surface area contributed by atoms with Gasteiger partial charge >= 0.3 is 11.7 Å². The maximum absolute atomic E-state index is 13.0. The summed E-state index contributed by atoms with van der Waals surface area (Å²) in [7, 11) is 0. The predicted molar refractivity (Wildman–Crippen MR) is 91.6 cm³/mol. The van der Waals surface area contributed by atoms with E-state index in [9.17, 15) is 18.8 Å². The number of carbonyl (C=O) groups excluding carboxylic acids is 2. The molecule has 11 heteroatoms. The standard InChI is InChI=1S/C17H15FN4O6/c1-9-7-13(28-21-9)19-15(24)10(2)26-14(23)8-22-17(25)27-16(20-22)11-3-5-12(18)6-4-11/h3-7,10H,8H2,1-2H3,(H,19,24). The van der Waals surface area contributed by atoms with Crippen molar-refractivity contribution in [2.45, 2.75) is 26.5 Å². The highest BCUT2D eigenvalue weighted by Crippen LogP contribution is 2.15. The van der Waals surface area contributed by atoms with Crippen LogP contribution in [0.15, 0.2) is 44.1 Å². The second-order valence-corrected chi connectivity index (χ2v) is 5.79. The van der Waals surface area contributed by atoms with Crippen LogP contribution in [0.3, 0.4) is 0 Å². The molecule has 1 N–H and O–H groups in total. The number of esters is 1. The van der Waals surface area contributed by atoms with Crippen LogP contribution in [0, 0.1) is 12.7 Å². The molecule has 0 bridgehead atoms. The molecule has 0 fully saturated rings. The van der Waals surface area contributed by atoms with Crippen LogP contribution in [0.4, 0.5) is 10.3 Å². The monoisotopic (exact) mass is 390 g/mol. The predicted octanol–water partition coefficient (Wildman–Crippen LogP) is 1.51. The fourth-order valence-corrected chi connectivity index (χ4v) is 2.17. The van der Waals surface area contributed by atoms with Gasteiger partial charge in [0.1, 0.15) is 12.4 Å². The van der Waals surface area contributed by atoms with E-state index >= 15 is 0 Å². The molecule has 28 heavy (non-hydrogen) atoms. The molecular weight excluding hydrogens is 375 g/mol. The zero-order valence-electron chi connectivity index (χ0n) is 14.8. The molecule has 0 aliphatic rings. The lowest BCUT2D eigenvalue weighted by molar-refractivity contribution is -0.154. The number of nitrogens with zero attached hydrogens (tertiary/aromatic N) is 3. The average molecular weight is 390 g/mol. The number of rotatable bonds is 6. The molecule has 1 atom stereocenters. The minimum absolute atomic E-state index is 0.0794. The van der Waals surface area contributed by atoms with Crippen molar-refractivity contribution in [1.82, 2.24) is 14.9 Å². The van der Waals surface area contributed by atoms with Gasteiger partial charge in [-0.2, -0.15) is 4.68 Å². The van der Waals surface area contributed by atoms with Crippen molar-refractivity contribution in [2.24, 2.45) is 0 Å². The number of halogens is 1. The van der Waals surface area contributed by atoms with E-state index in [4.69, 9.17) is 13.7 Å². The Labute approximate surface area is 156 Å². The molecule has 146 valence electrons. The van der Waals surface area contributed by atoms with E-state index < -0.39 is 36.1 Å². The smallest absolute Gasteiger partial charge is 0.437 e. The van der Waals surface area contributed by atoms with Gasteiger partial charge in [0.05, 0.1) is 5.69 Å². The van der Waals surface area contributed by atoms with Gasteiger partial charge < -0.3 is 13.7 Å². The van der Waals surface area contributed by atoms with Crippen LogP contribution in [0.5, 0.6) is 0 Å². The van der Waals surface area contributed by atoms with Gasteiger partial charge in [0.2, 0.25) is 11.8 Å². The van der Waals surface area contributed by atoms with Gasteiger partial charge in [0.15, 0.2) is 6.10 Å². The Hall–Kier alpha value is -3.76. The van der Waals surface area contributed by atoms with Crippen LogP contribution in [-0.4, -0.2) is 32.9 Å². The van der Waals surface area contributed by atoms with E-state index in [1.54, 1.807) is 6.92 Å². The molecule has 0 aliphatic carbocycles. The lowest BCUT2D eigenvalue weighted by Crippen LogP contribution is -2.32. The number of amides is 1. The van der Waals surface area contributed by atoms with Gasteiger partial charge in [-0.3, -0.25) is 14.9 Å². The molecular formula is C17H15FN4O6. The second kappa shape index (κ2) is 7.86. The lowest BCUT2D eigenvalue weighted by Gasteiger charge is -2.11. The Morgan fingerprint density at radius 2 is 2.04 bits per heavy atom. The number of hydrogen-bond acceptors (Lipinski definition) is 8. The molecule has 0 aliphatic heterocycles. The minimum Gasteiger partial charge on any atom is -0.451 e. The number of aryl methyl sites for hydroxylation is 1. The van der Waals surface area contributed by atoms with Crippen LogP contribution in [0.25, 0.3) is 11.5 Å². The van der Waals surface area contributed by atoms with Crippen LogP contribution < -0.4 is 11.1 Å². The van der Waals surface area contributed by atoms with E-state index in [-0.39, 0.29) is 11.8 Å². The van der Waals surface area contributed by atoms with E-state index in [1.807, 2.05) is 0 Å². The highest BCUT2D eigenvalue weighted by molar-refractivity contribution is 5.93. The fraction of sp³-hybridized carbons (Fsp3) is 0.235. The Morgan fingerprint density at radius 1 is 1.32 bits per heavy atom. The highest BCUT2D eigenvalue weighted by atomic mass is 19.1. The second-order valence-electron chi connectivity index (χ2n) is 5.79. The largest absolute Gasteiger partial charge is 0.451 e. The van der Waals surface area contributed by atoms with Gasteiger partial charge in [-0.25, -0.2) is 9.18 Å². The average Bonchev–Trinajstić information content (AvgIpc) is 3.21. The zero-order valence-corrected chi connectivity index (χ0v) is 14.8. The quantitative estimate of drug-likeness (QED) is 0.627. The molecule has 2 heterocycles. The normalized spacial score (nSPS) is 11.8. The van der Waals surface area contributed by atoms with Gasteiger partial charge in [-0.05, 0) is 38.1 Å². The molecule has 0 saturated carbocycles. The first kappa shape index (κ1) is 19.0. The highest BCUT2D eigenvalue weighted by Gasteiger charge is 2.21. The summed E-state index contributed by atoms with van der Waals surface area (Å²) in [6.45, 7) is 2.47. The van der Waals surface area contributed by atoms with Crippen LogP contribution in [0.1, 0.15) is 12.6 Å². The lowest BCUT2D eigenvalue weighted by atomic mass is 10.2. The van der Waals surface area contributed by atoms with E-state index in [1.165, 1.54) is 37.3 Å². The first-order chi connectivity index (χ1) is 13.3. The van der Waals surface area contributed by atoms with Crippen LogP contribution >= 0.6 is 0 Å². The third-order valence-corrected chi connectivity index (χ3v) is 3.53. The van der Waals surface area contributed by atoms with Crippen molar-refractivity contribution < 1.29 is 27.7 Å². The molecule has 3 aromatic rings. The van der Waals surface area contributed by atoms with Crippen molar-refractivity contribution in [3.05, 3.63) is 52.4 Å². The summed E-state index contributed by atoms with van der Waals surface area (Å²) < 4.78 is 28.5. The summed E-state index contributed by atoms with van der Waals surface area (Å²) in [4.78, 5) is 35.8. The molecule has 3 rings (SSSR count). The first-order valence-electron chi connectivity index (χ1n) is 8.09. The van der Waals surface area contributed by atoms with Crippen molar-refractivity contribution >= 4 is 17.8 Å². The molecule has 1 aromatic carbocycles. The number of anilines is 1. The van der Waals surface area contributed by atoms with Crippen LogP contribution in [0.2, 0.25) is 0 Å². The fourth-order valence-electron chi connectivity index (χ4n) is 2.17. The molecule has 0 saturated heterocycles. The Morgan fingerprint density at radius 3 is 2.68 bits per heavy atom. The maximum Gasteiger partial charge on any atom is 0.437 e. The third-order valence-electron chi connectivity index (χ3n) is 3.53. The van der Waals surface area contributed by atoms with E-state index in [2.05, 4.69) is 15.6 Å². The Kier molecular flexibility index (Phi) is 5.34. The van der Waals surface area contributed by atoms with Gasteiger partial charge in [-0.15, -0.1) is 5.10 Å². The number of carbonyl (C=O) groups is 2. The van der Waals surface area contributed by atoms with E-state index in [0.717, 1.165) is 4.68 Å². The molecule has 10 nitrogen and oxygen atoms in total. The minimum atomic E-state index is -1.16. The summed E-state index contributed by atoms with van der Waals surface area (Å²) in [6, 6.07) is 6.61. The number of aromatic nitrogens is 3. The molecule has 1 unspecified atom stereocenters. The first-order valence-corrected chi connectivity index (χ1v) is 8.09. The Balaban J connectivity index is 1.60. The zero-order chi connectivity index (χ0) is 20.3.